The highest BCUT2D eigenvalue weighted by Gasteiger charge is 2.32. The van der Waals surface area contributed by atoms with E-state index in [0.717, 1.165) is 12.1 Å². The van der Waals surface area contributed by atoms with Gasteiger partial charge in [0.15, 0.2) is 0 Å². The van der Waals surface area contributed by atoms with Crippen molar-refractivity contribution in [2.45, 2.75) is 45.4 Å². The molecule has 184 valence electrons. The molecule has 0 bridgehead atoms. The zero-order valence-electron chi connectivity index (χ0n) is 19.3. The van der Waals surface area contributed by atoms with Crippen LogP contribution in [0, 0.1) is 5.92 Å². The van der Waals surface area contributed by atoms with Gasteiger partial charge in [0.05, 0.1) is 17.7 Å². The molecule has 1 fully saturated rings. The molecule has 0 atom stereocenters. The van der Waals surface area contributed by atoms with Gasteiger partial charge in [0.25, 0.3) is 5.91 Å². The molecule has 2 heterocycles. The van der Waals surface area contributed by atoms with Crippen LogP contribution in [0.3, 0.4) is 0 Å². The monoisotopic (exact) mass is 479 g/mol. The van der Waals surface area contributed by atoms with E-state index < -0.39 is 23.2 Å². The Morgan fingerprint density at radius 1 is 1.15 bits per heavy atom. The average Bonchev–Trinajstić information content (AvgIpc) is 2.77. The number of rotatable bonds is 5. The number of halogens is 3. The largest absolute Gasteiger partial charge is 0.493 e. The number of pyridine rings is 1. The summed E-state index contributed by atoms with van der Waals surface area (Å²) in [6.45, 7) is 6.56. The molecule has 1 aromatic carbocycles. The molecule has 0 saturated carbocycles. The lowest BCUT2D eigenvalue weighted by Crippen LogP contribution is -2.42. The van der Waals surface area contributed by atoms with E-state index in [4.69, 9.17) is 9.47 Å². The van der Waals surface area contributed by atoms with Gasteiger partial charge < -0.3 is 19.7 Å². The van der Waals surface area contributed by atoms with Crippen LogP contribution in [0.25, 0.3) is 0 Å². The maximum Gasteiger partial charge on any atom is 0.416 e. The van der Waals surface area contributed by atoms with E-state index in [9.17, 15) is 22.8 Å². The van der Waals surface area contributed by atoms with E-state index in [1.54, 1.807) is 31.7 Å². The third kappa shape index (κ3) is 7.36. The lowest BCUT2D eigenvalue weighted by atomic mass is 9.98. The first kappa shape index (κ1) is 25.3. The molecular formula is C24H28F3N3O4. The SMILES string of the molecule is CC(C)(C)OC(=O)N1CCC(COc2cc(NC(=O)c3cccnc3)cc(C(F)(F)F)c2)CC1. The summed E-state index contributed by atoms with van der Waals surface area (Å²) in [7, 11) is 0. The summed E-state index contributed by atoms with van der Waals surface area (Å²) in [5.74, 6) is -0.500. The van der Waals surface area contributed by atoms with Crippen molar-refractivity contribution in [2.24, 2.45) is 5.92 Å². The predicted octanol–water partition coefficient (Wildman–Crippen LogP) is 5.38. The van der Waals surface area contributed by atoms with Crippen molar-refractivity contribution >= 4 is 17.7 Å². The summed E-state index contributed by atoms with van der Waals surface area (Å²) in [6, 6.07) is 6.20. The summed E-state index contributed by atoms with van der Waals surface area (Å²) in [6.07, 6.45) is -0.884. The van der Waals surface area contributed by atoms with E-state index >= 15 is 0 Å². The van der Waals surface area contributed by atoms with Gasteiger partial charge in [-0.25, -0.2) is 4.79 Å². The number of ether oxygens (including phenoxy) is 2. The van der Waals surface area contributed by atoms with Crippen molar-refractivity contribution in [3.05, 3.63) is 53.9 Å². The molecule has 3 rings (SSSR count). The zero-order chi connectivity index (χ0) is 24.9. The highest BCUT2D eigenvalue weighted by molar-refractivity contribution is 6.04. The average molecular weight is 479 g/mol. The number of amides is 2. The molecule has 2 amide bonds. The third-order valence-corrected chi connectivity index (χ3v) is 5.17. The number of carbonyl (C=O) groups excluding carboxylic acids is 2. The Kier molecular flexibility index (Phi) is 7.68. The number of nitrogens with one attached hydrogen (secondary N) is 1. The van der Waals surface area contributed by atoms with E-state index in [0.29, 0.717) is 25.9 Å². The highest BCUT2D eigenvalue weighted by atomic mass is 19.4. The van der Waals surface area contributed by atoms with Crippen LogP contribution in [-0.4, -0.2) is 47.2 Å². The first-order valence-corrected chi connectivity index (χ1v) is 10.9. The Balaban J connectivity index is 1.62. The summed E-state index contributed by atoms with van der Waals surface area (Å²) in [4.78, 5) is 30.0. The number of hydrogen-bond acceptors (Lipinski definition) is 5. The number of benzene rings is 1. The Hall–Kier alpha value is -3.30. The minimum absolute atomic E-state index is 0.00545. The van der Waals surface area contributed by atoms with Gasteiger partial charge in [0.1, 0.15) is 11.4 Å². The van der Waals surface area contributed by atoms with Gasteiger partial charge in [0, 0.05) is 37.2 Å². The normalized spacial score (nSPS) is 15.1. The van der Waals surface area contributed by atoms with Gasteiger partial charge in [-0.1, -0.05) is 0 Å². The van der Waals surface area contributed by atoms with E-state index in [2.05, 4.69) is 10.3 Å². The topological polar surface area (TPSA) is 80.8 Å². The second-order valence-electron chi connectivity index (χ2n) is 9.16. The van der Waals surface area contributed by atoms with Gasteiger partial charge in [-0.2, -0.15) is 13.2 Å². The van der Waals surface area contributed by atoms with Crippen molar-refractivity contribution in [3.63, 3.8) is 0 Å². The van der Waals surface area contributed by atoms with Crippen LogP contribution in [0.4, 0.5) is 23.7 Å². The lowest BCUT2D eigenvalue weighted by molar-refractivity contribution is -0.137. The van der Waals surface area contributed by atoms with Crippen LogP contribution in [-0.2, 0) is 10.9 Å². The predicted molar refractivity (Wildman–Crippen MR) is 120 cm³/mol. The molecule has 1 N–H and O–H groups in total. The second kappa shape index (κ2) is 10.3. The Labute approximate surface area is 196 Å². The fraction of sp³-hybridized carbons (Fsp3) is 0.458. The molecule has 1 aliphatic rings. The molecule has 34 heavy (non-hydrogen) atoms. The molecule has 1 aliphatic heterocycles. The van der Waals surface area contributed by atoms with Crippen molar-refractivity contribution < 1.29 is 32.2 Å². The number of aromatic nitrogens is 1. The van der Waals surface area contributed by atoms with Crippen LogP contribution in [0.5, 0.6) is 5.75 Å². The van der Waals surface area contributed by atoms with Gasteiger partial charge in [0.2, 0.25) is 0 Å². The van der Waals surface area contributed by atoms with Crippen LogP contribution < -0.4 is 10.1 Å². The van der Waals surface area contributed by atoms with Crippen molar-refractivity contribution in [2.75, 3.05) is 25.0 Å². The van der Waals surface area contributed by atoms with Crippen LogP contribution >= 0.6 is 0 Å². The Bertz CT molecular complexity index is 999. The summed E-state index contributed by atoms with van der Waals surface area (Å²) in [5.41, 5.74) is -1.31. The molecule has 1 saturated heterocycles. The molecular weight excluding hydrogens is 451 g/mol. The second-order valence-corrected chi connectivity index (χ2v) is 9.16. The Morgan fingerprint density at radius 3 is 2.44 bits per heavy atom. The minimum Gasteiger partial charge on any atom is -0.493 e. The number of nitrogens with zero attached hydrogens (tertiary/aromatic N) is 2. The maximum absolute atomic E-state index is 13.4. The number of alkyl halides is 3. The summed E-state index contributed by atoms with van der Waals surface area (Å²) >= 11 is 0. The molecule has 2 aromatic rings. The van der Waals surface area contributed by atoms with Crippen LogP contribution in [0.15, 0.2) is 42.7 Å². The highest BCUT2D eigenvalue weighted by Crippen LogP contribution is 2.34. The number of piperidine rings is 1. The quantitative estimate of drug-likeness (QED) is 0.623. The molecule has 10 heteroatoms. The maximum atomic E-state index is 13.4. The van der Waals surface area contributed by atoms with E-state index in [1.165, 1.54) is 24.5 Å². The first-order chi connectivity index (χ1) is 15.9. The Morgan fingerprint density at radius 2 is 1.85 bits per heavy atom. The smallest absolute Gasteiger partial charge is 0.416 e. The number of hydrogen-bond donors (Lipinski definition) is 1. The molecule has 0 unspecified atom stereocenters. The summed E-state index contributed by atoms with van der Waals surface area (Å²) < 4.78 is 51.3. The molecule has 0 aliphatic carbocycles. The van der Waals surface area contributed by atoms with Crippen molar-refractivity contribution in [3.8, 4) is 5.75 Å². The number of anilines is 1. The van der Waals surface area contributed by atoms with Gasteiger partial charge >= 0.3 is 12.3 Å². The third-order valence-electron chi connectivity index (χ3n) is 5.17. The minimum atomic E-state index is -4.61. The number of carbonyl (C=O) groups is 2. The van der Waals surface area contributed by atoms with Crippen LogP contribution in [0.1, 0.15) is 49.5 Å². The number of likely N-dealkylation sites (tertiary alicyclic amines) is 1. The van der Waals surface area contributed by atoms with E-state index in [1.807, 2.05) is 0 Å². The van der Waals surface area contributed by atoms with E-state index in [-0.39, 0.29) is 35.6 Å². The molecule has 1 aromatic heterocycles. The van der Waals surface area contributed by atoms with Gasteiger partial charge in [-0.15, -0.1) is 0 Å². The first-order valence-electron chi connectivity index (χ1n) is 10.9. The van der Waals surface area contributed by atoms with Crippen molar-refractivity contribution in [1.29, 1.82) is 0 Å². The van der Waals surface area contributed by atoms with Gasteiger partial charge in [-0.3, -0.25) is 9.78 Å². The standard InChI is InChI=1S/C24H28F3N3O4/c1-23(2,3)34-22(32)30-9-6-16(7-10-30)15-33-20-12-18(24(25,26)27)11-19(13-20)29-21(31)17-5-4-8-28-14-17/h4-5,8,11-14,16H,6-7,9-10,15H2,1-3H3,(H,29,31). The molecule has 0 radical (unpaired) electrons. The zero-order valence-corrected chi connectivity index (χ0v) is 19.3. The fourth-order valence-electron chi connectivity index (χ4n) is 3.44. The molecule has 0 spiro atoms. The van der Waals surface area contributed by atoms with Gasteiger partial charge in [-0.05, 0) is 63.8 Å². The van der Waals surface area contributed by atoms with Crippen LogP contribution in [0.2, 0.25) is 0 Å². The fourth-order valence-corrected chi connectivity index (χ4v) is 3.44. The molecule has 7 nitrogen and oxygen atoms in total. The lowest BCUT2D eigenvalue weighted by Gasteiger charge is -2.33. The van der Waals surface area contributed by atoms with Crippen molar-refractivity contribution in [1.82, 2.24) is 9.88 Å². The summed E-state index contributed by atoms with van der Waals surface area (Å²) in [5, 5.41) is 2.47.